The van der Waals surface area contributed by atoms with Crippen molar-refractivity contribution in [1.29, 1.82) is 0 Å². The molecule has 0 unspecified atom stereocenters. The third-order valence-electron chi connectivity index (χ3n) is 4.62. The molecule has 0 bridgehead atoms. The molecule has 2 aromatic heterocycles. The van der Waals surface area contributed by atoms with Gasteiger partial charge in [0, 0.05) is 32.7 Å². The summed E-state index contributed by atoms with van der Waals surface area (Å²) in [4.78, 5) is 14.6. The molecule has 0 aliphatic carbocycles. The molecule has 2 aromatic rings. The Labute approximate surface area is 168 Å². The predicted octanol–water partition coefficient (Wildman–Crippen LogP) is 2.85. The molecule has 1 aliphatic rings. The molecule has 0 aromatic carbocycles. The summed E-state index contributed by atoms with van der Waals surface area (Å²) in [5.74, 6) is -0.187. The lowest BCUT2D eigenvalue weighted by molar-refractivity contribution is 0.0697. The summed E-state index contributed by atoms with van der Waals surface area (Å²) >= 11 is 7.60. The molecule has 0 atom stereocenters. The first-order valence-electron chi connectivity index (χ1n) is 8.92. The third kappa shape index (κ3) is 4.06. The van der Waals surface area contributed by atoms with Gasteiger partial charge in [0.1, 0.15) is 9.36 Å². The maximum Gasteiger partial charge on any atom is 0.258 e. The Bertz CT molecular complexity index is 901. The second-order valence-electron chi connectivity index (χ2n) is 6.46. The molecule has 1 fully saturated rings. The second-order valence-corrected chi connectivity index (χ2v) is 9.93. The van der Waals surface area contributed by atoms with Crippen LogP contribution < -0.4 is 0 Å². The fraction of sp³-hybridized carbons (Fsp3) is 0.529. The van der Waals surface area contributed by atoms with Gasteiger partial charge in [-0.2, -0.15) is 9.40 Å². The summed E-state index contributed by atoms with van der Waals surface area (Å²) in [6, 6.07) is 3.32. The van der Waals surface area contributed by atoms with Gasteiger partial charge < -0.3 is 4.90 Å². The number of nitrogens with zero attached hydrogens (tertiary/aromatic N) is 4. The van der Waals surface area contributed by atoms with E-state index in [1.807, 2.05) is 0 Å². The highest BCUT2D eigenvalue weighted by molar-refractivity contribution is 7.91. The summed E-state index contributed by atoms with van der Waals surface area (Å²) in [5, 5.41) is 6.49. The van der Waals surface area contributed by atoms with E-state index in [2.05, 4.69) is 12.0 Å². The number of amides is 1. The van der Waals surface area contributed by atoms with Crippen LogP contribution >= 0.6 is 22.9 Å². The fourth-order valence-corrected chi connectivity index (χ4v) is 5.99. The molecule has 148 valence electrons. The highest BCUT2D eigenvalue weighted by Gasteiger charge is 2.32. The Hall–Kier alpha value is -1.42. The van der Waals surface area contributed by atoms with Crippen molar-refractivity contribution < 1.29 is 13.2 Å². The summed E-state index contributed by atoms with van der Waals surface area (Å²) < 4.78 is 28.6. The largest absolute Gasteiger partial charge is 0.336 e. The van der Waals surface area contributed by atoms with Crippen LogP contribution in [-0.2, 0) is 16.6 Å². The van der Waals surface area contributed by atoms with Crippen LogP contribution in [0.15, 0.2) is 21.7 Å². The van der Waals surface area contributed by atoms with E-state index in [0.717, 1.165) is 12.8 Å². The highest BCUT2D eigenvalue weighted by Crippen LogP contribution is 2.25. The first-order chi connectivity index (χ1) is 12.9. The second kappa shape index (κ2) is 8.30. The Kier molecular flexibility index (Phi) is 6.25. The highest BCUT2D eigenvalue weighted by atomic mass is 35.5. The number of piperazine rings is 1. The van der Waals surface area contributed by atoms with Crippen molar-refractivity contribution in [3.8, 4) is 0 Å². The topological polar surface area (TPSA) is 75.5 Å². The third-order valence-corrected chi connectivity index (χ3v) is 8.27. The van der Waals surface area contributed by atoms with Crippen LogP contribution in [0.1, 0.15) is 35.8 Å². The van der Waals surface area contributed by atoms with Crippen LogP contribution in [0.4, 0.5) is 0 Å². The molecule has 0 spiro atoms. The zero-order valence-corrected chi connectivity index (χ0v) is 17.8. The van der Waals surface area contributed by atoms with Crippen molar-refractivity contribution in [3.05, 3.63) is 33.9 Å². The van der Waals surface area contributed by atoms with Crippen LogP contribution in [0.2, 0.25) is 5.15 Å². The van der Waals surface area contributed by atoms with E-state index in [0.29, 0.717) is 40.3 Å². The molecule has 27 heavy (non-hydrogen) atoms. The molecular weight excluding hydrogens is 408 g/mol. The summed E-state index contributed by atoms with van der Waals surface area (Å²) in [6.45, 7) is 5.74. The van der Waals surface area contributed by atoms with Gasteiger partial charge in [-0.3, -0.25) is 9.48 Å². The minimum absolute atomic E-state index is 0.187. The average Bonchev–Trinajstić information content (AvgIpc) is 3.29. The molecular formula is C17H23ClN4O3S2. The number of hydrogen-bond donors (Lipinski definition) is 0. The molecule has 3 heterocycles. The number of carbonyl (C=O) groups excluding carboxylic acids is 1. The standard InChI is InChI=1S/C17H23ClN4O3S2/c1-3-4-7-22-16(18)15(13(2)19-22)17(23)20-8-10-21(11-9-20)27(24,25)14-6-5-12-26-14/h5-6,12H,3-4,7-11H2,1-2H3. The Balaban J connectivity index is 1.70. The first kappa shape index (κ1) is 20.3. The number of thiophene rings is 1. The zero-order chi connectivity index (χ0) is 19.6. The number of aromatic nitrogens is 2. The predicted molar refractivity (Wildman–Crippen MR) is 106 cm³/mol. The molecule has 0 radical (unpaired) electrons. The Morgan fingerprint density at radius 1 is 1.30 bits per heavy atom. The van der Waals surface area contributed by atoms with Crippen molar-refractivity contribution in [1.82, 2.24) is 19.0 Å². The van der Waals surface area contributed by atoms with Crippen molar-refractivity contribution in [2.24, 2.45) is 0 Å². The van der Waals surface area contributed by atoms with Gasteiger partial charge in [-0.1, -0.05) is 31.0 Å². The molecule has 1 saturated heterocycles. The number of halogens is 1. The number of carbonyl (C=O) groups is 1. The van der Waals surface area contributed by atoms with Gasteiger partial charge >= 0.3 is 0 Å². The molecule has 3 rings (SSSR count). The van der Waals surface area contributed by atoms with E-state index < -0.39 is 10.0 Å². The summed E-state index contributed by atoms with van der Waals surface area (Å²) in [5.41, 5.74) is 1.03. The zero-order valence-electron chi connectivity index (χ0n) is 15.4. The van der Waals surface area contributed by atoms with Crippen LogP contribution in [-0.4, -0.2) is 59.5 Å². The number of hydrogen-bond acceptors (Lipinski definition) is 5. The number of unbranched alkanes of at least 4 members (excludes halogenated alkanes) is 1. The van der Waals surface area contributed by atoms with Crippen LogP contribution in [0.5, 0.6) is 0 Å². The van der Waals surface area contributed by atoms with E-state index in [4.69, 9.17) is 11.6 Å². The number of sulfonamides is 1. The molecule has 0 saturated carbocycles. The van der Waals surface area contributed by atoms with Gasteiger partial charge in [0.05, 0.1) is 11.3 Å². The van der Waals surface area contributed by atoms with Crippen molar-refractivity contribution in [2.75, 3.05) is 26.2 Å². The minimum Gasteiger partial charge on any atom is -0.336 e. The van der Waals surface area contributed by atoms with E-state index in [1.165, 1.54) is 15.6 Å². The number of aryl methyl sites for hydroxylation is 2. The minimum atomic E-state index is -3.48. The van der Waals surface area contributed by atoms with Crippen molar-refractivity contribution in [3.63, 3.8) is 0 Å². The maximum atomic E-state index is 12.9. The quantitative estimate of drug-likeness (QED) is 0.706. The lowest BCUT2D eigenvalue weighted by Gasteiger charge is -2.33. The molecule has 1 aliphatic heterocycles. The van der Waals surface area contributed by atoms with Crippen LogP contribution in [0, 0.1) is 6.92 Å². The molecule has 0 N–H and O–H groups in total. The van der Waals surface area contributed by atoms with E-state index in [1.54, 1.807) is 34.0 Å². The fourth-order valence-electron chi connectivity index (χ4n) is 3.08. The summed E-state index contributed by atoms with van der Waals surface area (Å²) in [7, 11) is -3.48. The molecule has 7 nitrogen and oxygen atoms in total. The van der Waals surface area contributed by atoms with Gasteiger partial charge in [-0.15, -0.1) is 11.3 Å². The summed E-state index contributed by atoms with van der Waals surface area (Å²) in [6.07, 6.45) is 1.95. The van der Waals surface area contributed by atoms with Crippen molar-refractivity contribution >= 4 is 38.9 Å². The van der Waals surface area contributed by atoms with E-state index in [-0.39, 0.29) is 19.0 Å². The normalized spacial score (nSPS) is 16.0. The van der Waals surface area contributed by atoms with E-state index >= 15 is 0 Å². The van der Waals surface area contributed by atoms with Gasteiger partial charge in [0.2, 0.25) is 0 Å². The van der Waals surface area contributed by atoms with Crippen molar-refractivity contribution in [2.45, 2.75) is 37.4 Å². The van der Waals surface area contributed by atoms with Crippen LogP contribution in [0.3, 0.4) is 0 Å². The lowest BCUT2D eigenvalue weighted by atomic mass is 10.2. The smallest absolute Gasteiger partial charge is 0.258 e. The average molecular weight is 431 g/mol. The molecule has 10 heteroatoms. The monoisotopic (exact) mass is 430 g/mol. The first-order valence-corrected chi connectivity index (χ1v) is 11.6. The molecule has 1 amide bonds. The van der Waals surface area contributed by atoms with E-state index in [9.17, 15) is 13.2 Å². The SMILES string of the molecule is CCCCn1nc(C)c(C(=O)N2CCN(S(=O)(=O)c3cccs3)CC2)c1Cl. The van der Waals surface area contributed by atoms with Gasteiger partial charge in [0.25, 0.3) is 15.9 Å². The van der Waals surface area contributed by atoms with Crippen LogP contribution in [0.25, 0.3) is 0 Å². The Morgan fingerprint density at radius 3 is 2.59 bits per heavy atom. The van der Waals surface area contributed by atoms with Gasteiger partial charge in [-0.05, 0) is 24.8 Å². The van der Waals surface area contributed by atoms with Gasteiger partial charge in [-0.25, -0.2) is 8.42 Å². The van der Waals surface area contributed by atoms with Gasteiger partial charge in [0.15, 0.2) is 0 Å². The lowest BCUT2D eigenvalue weighted by Crippen LogP contribution is -2.50. The number of rotatable bonds is 6. The Morgan fingerprint density at radius 2 is 2.00 bits per heavy atom. The maximum absolute atomic E-state index is 12.9.